The van der Waals surface area contributed by atoms with Crippen LogP contribution < -0.4 is 5.56 Å². The van der Waals surface area contributed by atoms with E-state index in [1.807, 2.05) is 18.2 Å². The molecule has 0 saturated carbocycles. The number of benzene rings is 1. The highest BCUT2D eigenvalue weighted by Crippen LogP contribution is 2.22. The number of carbonyl (C=O) groups excluding carboxylic acids is 1. The number of aromatic hydroxyl groups is 1. The number of hydrogen-bond donors (Lipinski definition) is 1. The van der Waals surface area contributed by atoms with Crippen molar-refractivity contribution < 1.29 is 14.6 Å². The van der Waals surface area contributed by atoms with Crippen LogP contribution in [0, 0.1) is 0 Å². The lowest BCUT2D eigenvalue weighted by atomic mass is 10.1. The third-order valence-corrected chi connectivity index (χ3v) is 3.19. The lowest BCUT2D eigenvalue weighted by Crippen LogP contribution is -2.22. The summed E-state index contributed by atoms with van der Waals surface area (Å²) in [6.07, 6.45) is 1.56. The second-order valence-corrected chi connectivity index (χ2v) is 4.43. The van der Waals surface area contributed by atoms with E-state index in [2.05, 4.69) is 4.98 Å². The maximum absolute atomic E-state index is 12.0. The molecule has 0 unspecified atom stereocenters. The van der Waals surface area contributed by atoms with Crippen LogP contribution in [0.5, 0.6) is 5.88 Å². The summed E-state index contributed by atoms with van der Waals surface area (Å²) in [7, 11) is 0. The molecule has 2 aromatic heterocycles. The molecule has 3 aromatic rings. The number of rotatable bonds is 2. The van der Waals surface area contributed by atoms with E-state index in [0.29, 0.717) is 11.0 Å². The summed E-state index contributed by atoms with van der Waals surface area (Å²) in [5, 5.41) is 11.8. The van der Waals surface area contributed by atoms with Gasteiger partial charge in [0.1, 0.15) is 0 Å². The molecule has 0 aliphatic heterocycles. The van der Waals surface area contributed by atoms with Gasteiger partial charge in [0.2, 0.25) is 5.88 Å². The summed E-state index contributed by atoms with van der Waals surface area (Å²) < 4.78 is 6.08. The molecule has 6 nitrogen and oxygen atoms in total. The topological polar surface area (TPSA) is 80.9 Å². The first-order valence-corrected chi connectivity index (χ1v) is 6.43. The molecule has 0 aliphatic rings. The Labute approximate surface area is 119 Å². The van der Waals surface area contributed by atoms with Crippen molar-refractivity contribution in [3.05, 3.63) is 52.4 Å². The van der Waals surface area contributed by atoms with Crippen LogP contribution >= 0.6 is 0 Å². The van der Waals surface area contributed by atoms with Gasteiger partial charge >= 0.3 is 5.97 Å². The van der Waals surface area contributed by atoms with Gasteiger partial charge in [0.15, 0.2) is 11.2 Å². The Kier molecular flexibility index (Phi) is 3.06. The Morgan fingerprint density at radius 1 is 1.33 bits per heavy atom. The van der Waals surface area contributed by atoms with Crippen LogP contribution in [-0.4, -0.2) is 27.1 Å². The van der Waals surface area contributed by atoms with Gasteiger partial charge in [-0.2, -0.15) is 4.98 Å². The van der Waals surface area contributed by atoms with Crippen molar-refractivity contribution >= 4 is 22.4 Å². The summed E-state index contributed by atoms with van der Waals surface area (Å²) in [5.41, 5.74) is -0.962. The fraction of sp³-hybridized carbons (Fsp3) is 0.133. The van der Waals surface area contributed by atoms with Crippen LogP contribution in [0.2, 0.25) is 0 Å². The molecule has 3 rings (SSSR count). The van der Waals surface area contributed by atoms with Crippen LogP contribution in [-0.2, 0) is 4.74 Å². The Morgan fingerprint density at radius 2 is 2.10 bits per heavy atom. The van der Waals surface area contributed by atoms with Crippen molar-refractivity contribution in [1.29, 1.82) is 0 Å². The zero-order valence-electron chi connectivity index (χ0n) is 11.2. The lowest BCUT2D eigenvalue weighted by molar-refractivity contribution is 0.0519. The number of aromatic nitrogens is 2. The van der Waals surface area contributed by atoms with Crippen LogP contribution in [0.3, 0.4) is 0 Å². The molecule has 0 fully saturated rings. The van der Waals surface area contributed by atoms with Crippen LogP contribution in [0.15, 0.2) is 41.3 Å². The molecule has 106 valence electrons. The predicted octanol–water partition coefficient (Wildman–Crippen LogP) is 1.73. The van der Waals surface area contributed by atoms with Crippen LogP contribution in [0.4, 0.5) is 0 Å². The average molecular weight is 284 g/mol. The van der Waals surface area contributed by atoms with Gasteiger partial charge in [-0.25, -0.2) is 4.79 Å². The molecule has 2 heterocycles. The van der Waals surface area contributed by atoms with Gasteiger partial charge in [-0.05, 0) is 18.4 Å². The van der Waals surface area contributed by atoms with E-state index < -0.39 is 23.0 Å². The summed E-state index contributed by atoms with van der Waals surface area (Å²) in [6, 6.07) is 9.11. The number of pyridine rings is 1. The van der Waals surface area contributed by atoms with Crippen molar-refractivity contribution in [2.75, 3.05) is 6.61 Å². The van der Waals surface area contributed by atoms with E-state index >= 15 is 0 Å². The molecule has 0 aliphatic carbocycles. The van der Waals surface area contributed by atoms with Crippen molar-refractivity contribution in [2.24, 2.45) is 0 Å². The first kappa shape index (κ1) is 13.1. The van der Waals surface area contributed by atoms with E-state index in [-0.39, 0.29) is 6.61 Å². The fourth-order valence-corrected chi connectivity index (χ4v) is 2.24. The highest BCUT2D eigenvalue weighted by Gasteiger charge is 2.21. The van der Waals surface area contributed by atoms with Gasteiger partial charge in [0.25, 0.3) is 5.56 Å². The second kappa shape index (κ2) is 4.90. The molecule has 0 bridgehead atoms. The van der Waals surface area contributed by atoms with Gasteiger partial charge in [0, 0.05) is 11.6 Å². The summed E-state index contributed by atoms with van der Waals surface area (Å²) in [5.74, 6) is -1.34. The first-order chi connectivity index (χ1) is 10.1. The minimum Gasteiger partial charge on any atom is -0.493 e. The minimum absolute atomic E-state index is 0.109. The number of esters is 1. The largest absolute Gasteiger partial charge is 0.493 e. The summed E-state index contributed by atoms with van der Waals surface area (Å²) >= 11 is 0. The number of hydrogen-bond acceptors (Lipinski definition) is 5. The quantitative estimate of drug-likeness (QED) is 0.572. The number of fused-ring (bicyclic) bond motifs is 3. The van der Waals surface area contributed by atoms with Crippen molar-refractivity contribution in [3.63, 3.8) is 0 Å². The molecule has 1 aromatic carbocycles. The standard InChI is InChI=1S/C15H12N2O4/c1-2-21-15(20)11-13(18)16-12-10-6-4-3-5-9(10)7-8-17(12)14(11)19/h3-8,19H,2H2,1H3. The zero-order chi connectivity index (χ0) is 15.0. The predicted molar refractivity (Wildman–Crippen MR) is 76.6 cm³/mol. The van der Waals surface area contributed by atoms with E-state index in [1.54, 1.807) is 25.3 Å². The maximum atomic E-state index is 12.0. The van der Waals surface area contributed by atoms with Crippen LogP contribution in [0.1, 0.15) is 17.3 Å². The SMILES string of the molecule is CCOC(=O)c1c(O)n2ccc3ccccc3c2nc1=O. The fourth-order valence-electron chi connectivity index (χ4n) is 2.24. The zero-order valence-corrected chi connectivity index (χ0v) is 11.2. The molecular formula is C15H12N2O4. The lowest BCUT2D eigenvalue weighted by Gasteiger charge is -2.09. The van der Waals surface area contributed by atoms with E-state index in [0.717, 1.165) is 5.39 Å². The smallest absolute Gasteiger partial charge is 0.349 e. The molecule has 0 saturated heterocycles. The van der Waals surface area contributed by atoms with Crippen molar-refractivity contribution in [3.8, 4) is 5.88 Å². The average Bonchev–Trinajstić information content (AvgIpc) is 2.47. The Hall–Kier alpha value is -2.89. The number of ether oxygens (including phenoxy) is 1. The second-order valence-electron chi connectivity index (χ2n) is 4.43. The number of nitrogens with zero attached hydrogens (tertiary/aromatic N) is 2. The molecule has 0 amide bonds. The van der Waals surface area contributed by atoms with E-state index in [1.165, 1.54) is 4.40 Å². The normalized spacial score (nSPS) is 10.9. The first-order valence-electron chi connectivity index (χ1n) is 6.43. The third-order valence-electron chi connectivity index (χ3n) is 3.19. The van der Waals surface area contributed by atoms with Gasteiger partial charge in [-0.15, -0.1) is 0 Å². The molecule has 0 spiro atoms. The number of carbonyl (C=O) groups is 1. The molecule has 6 heteroatoms. The molecule has 21 heavy (non-hydrogen) atoms. The van der Waals surface area contributed by atoms with Gasteiger partial charge in [-0.3, -0.25) is 9.20 Å². The monoisotopic (exact) mass is 284 g/mol. The summed E-state index contributed by atoms with van der Waals surface area (Å²) in [4.78, 5) is 27.7. The van der Waals surface area contributed by atoms with Gasteiger partial charge in [0.05, 0.1) is 6.61 Å². The van der Waals surface area contributed by atoms with E-state index in [9.17, 15) is 14.7 Å². The highest BCUT2D eigenvalue weighted by molar-refractivity contribution is 5.96. The highest BCUT2D eigenvalue weighted by atomic mass is 16.5. The van der Waals surface area contributed by atoms with Crippen LogP contribution in [0.25, 0.3) is 16.4 Å². The Bertz CT molecular complexity index is 915. The molecular weight excluding hydrogens is 272 g/mol. The third kappa shape index (κ3) is 2.01. The van der Waals surface area contributed by atoms with Crippen molar-refractivity contribution in [1.82, 2.24) is 9.38 Å². The van der Waals surface area contributed by atoms with Gasteiger partial charge in [-0.1, -0.05) is 24.3 Å². The Morgan fingerprint density at radius 3 is 2.86 bits per heavy atom. The van der Waals surface area contributed by atoms with E-state index in [4.69, 9.17) is 4.74 Å². The molecule has 0 atom stereocenters. The minimum atomic E-state index is -0.880. The Balaban J connectivity index is 2.39. The molecule has 1 N–H and O–H groups in total. The summed E-state index contributed by atoms with van der Waals surface area (Å²) in [6.45, 7) is 1.73. The van der Waals surface area contributed by atoms with Crippen molar-refractivity contribution in [2.45, 2.75) is 6.92 Å². The molecule has 0 radical (unpaired) electrons. The van der Waals surface area contributed by atoms with Gasteiger partial charge < -0.3 is 9.84 Å². The maximum Gasteiger partial charge on any atom is 0.349 e.